The van der Waals surface area contributed by atoms with Gasteiger partial charge in [0.25, 0.3) is 5.91 Å². The summed E-state index contributed by atoms with van der Waals surface area (Å²) in [4.78, 5) is 41.2. The molecule has 0 aliphatic carbocycles. The van der Waals surface area contributed by atoms with Crippen molar-refractivity contribution in [2.24, 2.45) is 0 Å². The third-order valence-corrected chi connectivity index (χ3v) is 8.97. The van der Waals surface area contributed by atoms with Crippen LogP contribution in [0.4, 0.5) is 4.79 Å². The SMILES string of the molecule is Cc1noc(C)c1S(=O)(=O)N1CCN(C(=O)CN2C(=O)NC(C)(c3cccs3)C2=O)CC1. The van der Waals surface area contributed by atoms with E-state index in [0.717, 1.165) is 4.90 Å². The lowest BCUT2D eigenvalue weighted by atomic mass is 10.0. The predicted molar refractivity (Wildman–Crippen MR) is 113 cm³/mol. The van der Waals surface area contributed by atoms with Crippen molar-refractivity contribution in [2.75, 3.05) is 32.7 Å². The maximum Gasteiger partial charge on any atom is 0.325 e. The van der Waals surface area contributed by atoms with E-state index in [0.29, 0.717) is 4.88 Å². The van der Waals surface area contributed by atoms with Crippen LogP contribution in [0, 0.1) is 13.8 Å². The van der Waals surface area contributed by atoms with Crippen LogP contribution in [0.3, 0.4) is 0 Å². The number of nitrogens with one attached hydrogen (secondary N) is 1. The average molecular weight is 482 g/mol. The van der Waals surface area contributed by atoms with Crippen LogP contribution in [0.1, 0.15) is 23.3 Å². The molecule has 2 aromatic heterocycles. The van der Waals surface area contributed by atoms with Gasteiger partial charge in [-0.1, -0.05) is 11.2 Å². The minimum atomic E-state index is -3.80. The van der Waals surface area contributed by atoms with Crippen LogP contribution in [-0.2, 0) is 25.2 Å². The van der Waals surface area contributed by atoms with Crippen LogP contribution in [-0.4, -0.2) is 78.2 Å². The van der Waals surface area contributed by atoms with Crippen molar-refractivity contribution in [3.8, 4) is 0 Å². The highest BCUT2D eigenvalue weighted by molar-refractivity contribution is 7.89. The number of thiophene rings is 1. The number of hydrogen-bond acceptors (Lipinski definition) is 8. The monoisotopic (exact) mass is 481 g/mol. The molecule has 4 amide bonds. The first-order valence-electron chi connectivity index (χ1n) is 9.94. The zero-order chi connectivity index (χ0) is 23.3. The number of rotatable bonds is 5. The molecule has 1 N–H and O–H groups in total. The highest BCUT2D eigenvalue weighted by atomic mass is 32.2. The number of carbonyl (C=O) groups excluding carboxylic acids is 3. The van der Waals surface area contributed by atoms with Gasteiger partial charge in [0.2, 0.25) is 15.9 Å². The van der Waals surface area contributed by atoms with E-state index in [1.54, 1.807) is 26.0 Å². The minimum Gasteiger partial charge on any atom is -0.360 e. The summed E-state index contributed by atoms with van der Waals surface area (Å²) in [7, 11) is -3.80. The third kappa shape index (κ3) is 3.59. The van der Waals surface area contributed by atoms with Crippen molar-refractivity contribution < 1.29 is 27.3 Å². The van der Waals surface area contributed by atoms with Gasteiger partial charge in [-0.15, -0.1) is 11.3 Å². The zero-order valence-electron chi connectivity index (χ0n) is 17.8. The van der Waals surface area contributed by atoms with Crippen LogP contribution in [0.15, 0.2) is 26.9 Å². The first-order chi connectivity index (χ1) is 15.1. The van der Waals surface area contributed by atoms with Gasteiger partial charge >= 0.3 is 6.03 Å². The Balaban J connectivity index is 1.40. The quantitative estimate of drug-likeness (QED) is 0.620. The Morgan fingerprint density at radius 1 is 1.25 bits per heavy atom. The summed E-state index contributed by atoms with van der Waals surface area (Å²) in [5.74, 6) is -0.690. The Morgan fingerprint density at radius 3 is 2.50 bits per heavy atom. The Labute approximate surface area is 189 Å². The summed E-state index contributed by atoms with van der Waals surface area (Å²) in [6.45, 7) is 4.78. The van der Waals surface area contributed by atoms with Crippen LogP contribution < -0.4 is 5.32 Å². The molecule has 11 nitrogen and oxygen atoms in total. The van der Waals surface area contributed by atoms with Gasteiger partial charge in [0.05, 0.1) is 0 Å². The number of sulfonamides is 1. The van der Waals surface area contributed by atoms with Gasteiger partial charge in [-0.05, 0) is 32.2 Å². The molecule has 0 radical (unpaired) electrons. The number of piperazine rings is 1. The number of aromatic nitrogens is 1. The van der Waals surface area contributed by atoms with E-state index in [-0.39, 0.29) is 42.5 Å². The Kier molecular flexibility index (Phi) is 5.59. The number of hydrogen-bond donors (Lipinski definition) is 1. The molecule has 0 spiro atoms. The molecule has 2 aromatic rings. The van der Waals surface area contributed by atoms with Gasteiger partial charge in [0.15, 0.2) is 11.3 Å². The maximum absolute atomic E-state index is 12.9. The second-order valence-electron chi connectivity index (χ2n) is 7.86. The largest absolute Gasteiger partial charge is 0.360 e. The Hall–Kier alpha value is -2.77. The molecule has 172 valence electrons. The number of imide groups is 1. The van der Waals surface area contributed by atoms with Gasteiger partial charge in [-0.3, -0.25) is 14.5 Å². The second kappa shape index (κ2) is 7.98. The average Bonchev–Trinajstić information content (AvgIpc) is 3.45. The summed E-state index contributed by atoms with van der Waals surface area (Å²) >= 11 is 1.35. The number of carbonyl (C=O) groups is 3. The van der Waals surface area contributed by atoms with Crippen molar-refractivity contribution in [3.63, 3.8) is 0 Å². The van der Waals surface area contributed by atoms with E-state index in [4.69, 9.17) is 4.52 Å². The highest BCUT2D eigenvalue weighted by Gasteiger charge is 2.50. The molecule has 2 aliphatic heterocycles. The topological polar surface area (TPSA) is 133 Å². The smallest absolute Gasteiger partial charge is 0.325 e. The summed E-state index contributed by atoms with van der Waals surface area (Å²) in [6, 6.07) is 2.92. The molecule has 13 heteroatoms. The molecule has 1 atom stereocenters. The van der Waals surface area contributed by atoms with E-state index in [9.17, 15) is 22.8 Å². The molecule has 4 rings (SSSR count). The Bertz CT molecular complexity index is 1150. The van der Waals surface area contributed by atoms with E-state index in [1.165, 1.54) is 27.5 Å². The van der Waals surface area contributed by atoms with Crippen LogP contribution in [0.25, 0.3) is 0 Å². The van der Waals surface area contributed by atoms with E-state index < -0.39 is 40.0 Å². The van der Waals surface area contributed by atoms with Gasteiger partial charge < -0.3 is 14.7 Å². The lowest BCUT2D eigenvalue weighted by Crippen LogP contribution is -2.53. The molecule has 4 heterocycles. The molecule has 2 aliphatic rings. The van der Waals surface area contributed by atoms with Gasteiger partial charge in [-0.25, -0.2) is 13.2 Å². The molecule has 2 fully saturated rings. The number of nitrogens with zero attached hydrogens (tertiary/aromatic N) is 4. The fourth-order valence-electron chi connectivity index (χ4n) is 3.96. The van der Waals surface area contributed by atoms with Gasteiger partial charge in [0.1, 0.15) is 17.1 Å². The molecule has 0 aromatic carbocycles. The summed E-state index contributed by atoms with van der Waals surface area (Å²) < 4.78 is 32.1. The number of amides is 4. The normalized spacial score (nSPS) is 22.5. The van der Waals surface area contributed by atoms with E-state index >= 15 is 0 Å². The third-order valence-electron chi connectivity index (χ3n) is 5.74. The van der Waals surface area contributed by atoms with E-state index in [2.05, 4.69) is 10.5 Å². The molecule has 1 unspecified atom stereocenters. The Morgan fingerprint density at radius 2 is 1.94 bits per heavy atom. The molecule has 32 heavy (non-hydrogen) atoms. The summed E-state index contributed by atoms with van der Waals surface area (Å²) in [6.07, 6.45) is 0. The summed E-state index contributed by atoms with van der Waals surface area (Å²) in [5.41, 5.74) is -0.916. The fraction of sp³-hybridized carbons (Fsp3) is 0.474. The van der Waals surface area contributed by atoms with Crippen molar-refractivity contribution in [2.45, 2.75) is 31.2 Å². The molecular formula is C19H23N5O6S2. The summed E-state index contributed by atoms with van der Waals surface area (Å²) in [5, 5.41) is 8.18. The van der Waals surface area contributed by atoms with Crippen molar-refractivity contribution >= 4 is 39.2 Å². The van der Waals surface area contributed by atoms with E-state index in [1.807, 2.05) is 5.38 Å². The maximum atomic E-state index is 12.9. The van der Waals surface area contributed by atoms with Crippen molar-refractivity contribution in [1.82, 2.24) is 24.6 Å². The standard InChI is InChI=1S/C19H23N5O6S2/c1-12-16(13(2)30-21-12)32(28,29)23-8-6-22(7-9-23)15(25)11-24-17(26)19(3,20-18(24)27)14-5-4-10-31-14/h4-5,10H,6-9,11H2,1-3H3,(H,20,27). The first kappa shape index (κ1) is 22.4. The molecule has 0 bridgehead atoms. The predicted octanol–water partition coefficient (Wildman–Crippen LogP) is 0.653. The van der Waals surface area contributed by atoms with Crippen LogP contribution >= 0.6 is 11.3 Å². The molecular weight excluding hydrogens is 458 g/mol. The minimum absolute atomic E-state index is 0.0458. The fourth-order valence-corrected chi connectivity index (χ4v) is 6.50. The molecule has 0 saturated carbocycles. The lowest BCUT2D eigenvalue weighted by Gasteiger charge is -2.34. The van der Waals surface area contributed by atoms with Crippen LogP contribution in [0.5, 0.6) is 0 Å². The van der Waals surface area contributed by atoms with Crippen molar-refractivity contribution in [3.05, 3.63) is 33.8 Å². The number of urea groups is 1. The van der Waals surface area contributed by atoms with Gasteiger partial charge in [0, 0.05) is 31.1 Å². The molecule has 2 saturated heterocycles. The van der Waals surface area contributed by atoms with Gasteiger partial charge in [-0.2, -0.15) is 4.31 Å². The highest BCUT2D eigenvalue weighted by Crippen LogP contribution is 2.32. The van der Waals surface area contributed by atoms with Crippen molar-refractivity contribution in [1.29, 1.82) is 0 Å². The number of aryl methyl sites for hydroxylation is 2. The second-order valence-corrected chi connectivity index (χ2v) is 10.7. The lowest BCUT2D eigenvalue weighted by molar-refractivity contribution is -0.139. The first-order valence-corrected chi connectivity index (χ1v) is 12.3. The zero-order valence-corrected chi connectivity index (χ0v) is 19.5. The van der Waals surface area contributed by atoms with Crippen LogP contribution in [0.2, 0.25) is 0 Å².